The Kier molecular flexibility index (Phi) is 5.83. The van der Waals surface area contributed by atoms with Crippen molar-refractivity contribution in [3.05, 3.63) is 54.6 Å². The quantitative estimate of drug-likeness (QED) is 0.806. The van der Waals surface area contributed by atoms with Crippen LogP contribution in [0.15, 0.2) is 59.6 Å². The van der Waals surface area contributed by atoms with Crippen molar-refractivity contribution in [2.45, 2.75) is 12.5 Å². The van der Waals surface area contributed by atoms with E-state index >= 15 is 0 Å². The lowest BCUT2D eigenvalue weighted by molar-refractivity contribution is -0.125. The summed E-state index contributed by atoms with van der Waals surface area (Å²) in [6.45, 7) is 3.09. The van der Waals surface area contributed by atoms with Crippen LogP contribution in [0.2, 0.25) is 0 Å². The van der Waals surface area contributed by atoms with Gasteiger partial charge in [0.05, 0.1) is 13.5 Å². The highest BCUT2D eigenvalue weighted by atomic mass is 16.5. The standard InChI is InChI=1S/C22H25N5O3/c1-30-18-9-7-16(8-10-18)23-21(29)19-15-20(28)25-22(24-19)27-13-11-26(12-14-27)17-5-3-2-4-6-17/h2-10,19H,11-15H2,1H3,(H,23,29)(H,24,25,28)/t19-/m1/s1. The number of hydrogen-bond acceptors (Lipinski definition) is 6. The summed E-state index contributed by atoms with van der Waals surface area (Å²) < 4.78 is 5.13. The van der Waals surface area contributed by atoms with Crippen LogP contribution in [0.5, 0.6) is 5.75 Å². The number of hydrogen-bond donors (Lipinski definition) is 2. The third kappa shape index (κ3) is 4.53. The fourth-order valence-corrected chi connectivity index (χ4v) is 3.60. The predicted octanol–water partition coefficient (Wildman–Crippen LogP) is 1.70. The Balaban J connectivity index is 1.39. The Bertz CT molecular complexity index is 922. The molecule has 4 rings (SSSR count). The second-order valence-corrected chi connectivity index (χ2v) is 7.25. The summed E-state index contributed by atoms with van der Waals surface area (Å²) in [7, 11) is 1.59. The number of aliphatic imine (C=N–C) groups is 1. The van der Waals surface area contributed by atoms with Crippen LogP contribution < -0.4 is 20.3 Å². The molecule has 2 aliphatic rings. The smallest absolute Gasteiger partial charge is 0.249 e. The number of para-hydroxylation sites is 1. The summed E-state index contributed by atoms with van der Waals surface area (Å²) in [6.07, 6.45) is 0.0372. The number of carbonyl (C=O) groups is 2. The van der Waals surface area contributed by atoms with Crippen LogP contribution in [-0.2, 0) is 9.59 Å². The van der Waals surface area contributed by atoms with Gasteiger partial charge in [0.2, 0.25) is 17.8 Å². The largest absolute Gasteiger partial charge is 0.497 e. The summed E-state index contributed by atoms with van der Waals surface area (Å²) in [5.41, 5.74) is 1.82. The first-order valence-corrected chi connectivity index (χ1v) is 10.00. The van der Waals surface area contributed by atoms with Crippen LogP contribution >= 0.6 is 0 Å². The van der Waals surface area contributed by atoms with Gasteiger partial charge >= 0.3 is 0 Å². The molecule has 2 aromatic rings. The molecule has 2 heterocycles. The highest BCUT2D eigenvalue weighted by Crippen LogP contribution is 2.18. The van der Waals surface area contributed by atoms with Gasteiger partial charge in [-0.3, -0.25) is 14.9 Å². The van der Waals surface area contributed by atoms with Gasteiger partial charge in [-0.25, -0.2) is 4.99 Å². The van der Waals surface area contributed by atoms with Crippen molar-refractivity contribution in [2.24, 2.45) is 4.99 Å². The molecule has 0 spiro atoms. The number of ether oxygens (including phenoxy) is 1. The summed E-state index contributed by atoms with van der Waals surface area (Å²) >= 11 is 0. The van der Waals surface area contributed by atoms with E-state index in [0.29, 0.717) is 17.4 Å². The molecule has 0 radical (unpaired) electrons. The van der Waals surface area contributed by atoms with E-state index in [1.165, 1.54) is 5.69 Å². The van der Waals surface area contributed by atoms with E-state index in [0.717, 1.165) is 26.2 Å². The molecular formula is C22H25N5O3. The molecule has 156 valence electrons. The van der Waals surface area contributed by atoms with Gasteiger partial charge in [-0.1, -0.05) is 18.2 Å². The minimum Gasteiger partial charge on any atom is -0.497 e. The maximum Gasteiger partial charge on any atom is 0.249 e. The number of carbonyl (C=O) groups excluding carboxylic acids is 2. The Morgan fingerprint density at radius 2 is 1.70 bits per heavy atom. The molecule has 8 heteroatoms. The van der Waals surface area contributed by atoms with Gasteiger partial charge in [0, 0.05) is 37.6 Å². The van der Waals surface area contributed by atoms with Crippen LogP contribution in [0.1, 0.15) is 6.42 Å². The molecule has 1 atom stereocenters. The predicted molar refractivity (Wildman–Crippen MR) is 116 cm³/mol. The molecule has 0 unspecified atom stereocenters. The molecular weight excluding hydrogens is 382 g/mol. The average Bonchev–Trinajstić information content (AvgIpc) is 2.80. The van der Waals surface area contributed by atoms with Crippen LogP contribution in [-0.4, -0.2) is 62.0 Å². The molecule has 1 fully saturated rings. The molecule has 2 amide bonds. The van der Waals surface area contributed by atoms with Gasteiger partial charge < -0.3 is 19.9 Å². The van der Waals surface area contributed by atoms with Crippen molar-refractivity contribution in [3.8, 4) is 5.75 Å². The van der Waals surface area contributed by atoms with E-state index < -0.39 is 6.04 Å². The summed E-state index contributed by atoms with van der Waals surface area (Å²) in [5.74, 6) is 0.699. The first-order valence-electron chi connectivity index (χ1n) is 10.00. The van der Waals surface area contributed by atoms with Crippen LogP contribution in [0.3, 0.4) is 0 Å². The molecule has 0 saturated carbocycles. The number of nitrogens with zero attached hydrogens (tertiary/aromatic N) is 3. The first kappa shape index (κ1) is 19.8. The number of anilines is 2. The van der Waals surface area contributed by atoms with E-state index in [4.69, 9.17) is 4.74 Å². The zero-order valence-electron chi connectivity index (χ0n) is 16.9. The molecule has 2 aliphatic heterocycles. The van der Waals surface area contributed by atoms with E-state index in [-0.39, 0.29) is 18.2 Å². The Morgan fingerprint density at radius 1 is 1.03 bits per heavy atom. The van der Waals surface area contributed by atoms with E-state index in [1.54, 1.807) is 31.4 Å². The summed E-state index contributed by atoms with van der Waals surface area (Å²) in [5, 5.41) is 5.65. The number of methoxy groups -OCH3 is 1. The third-order valence-corrected chi connectivity index (χ3v) is 5.27. The third-order valence-electron chi connectivity index (χ3n) is 5.27. The number of guanidine groups is 1. The lowest BCUT2D eigenvalue weighted by Gasteiger charge is -2.38. The average molecular weight is 407 g/mol. The number of rotatable bonds is 4. The normalized spacial score (nSPS) is 19.0. The van der Waals surface area contributed by atoms with Crippen molar-refractivity contribution >= 4 is 29.1 Å². The molecule has 0 bridgehead atoms. The highest BCUT2D eigenvalue weighted by molar-refractivity contribution is 6.06. The molecule has 2 aromatic carbocycles. The molecule has 8 nitrogen and oxygen atoms in total. The van der Waals surface area contributed by atoms with Gasteiger partial charge in [0.1, 0.15) is 11.8 Å². The number of piperazine rings is 1. The van der Waals surface area contributed by atoms with E-state index in [9.17, 15) is 9.59 Å². The van der Waals surface area contributed by atoms with Crippen molar-refractivity contribution < 1.29 is 14.3 Å². The van der Waals surface area contributed by atoms with Gasteiger partial charge in [0.15, 0.2) is 0 Å². The second kappa shape index (κ2) is 8.86. The van der Waals surface area contributed by atoms with Crippen molar-refractivity contribution in [2.75, 3.05) is 43.5 Å². The molecule has 30 heavy (non-hydrogen) atoms. The van der Waals surface area contributed by atoms with Crippen LogP contribution in [0.25, 0.3) is 0 Å². The number of amides is 2. The van der Waals surface area contributed by atoms with Crippen LogP contribution in [0.4, 0.5) is 11.4 Å². The van der Waals surface area contributed by atoms with Gasteiger partial charge in [-0.15, -0.1) is 0 Å². The molecule has 1 saturated heterocycles. The van der Waals surface area contributed by atoms with Gasteiger partial charge in [-0.2, -0.15) is 0 Å². The van der Waals surface area contributed by atoms with Crippen molar-refractivity contribution in [1.82, 2.24) is 10.2 Å². The molecule has 2 N–H and O–H groups in total. The van der Waals surface area contributed by atoms with Crippen LogP contribution in [0, 0.1) is 0 Å². The zero-order chi connectivity index (χ0) is 20.9. The number of nitrogens with one attached hydrogen (secondary N) is 2. The van der Waals surface area contributed by atoms with E-state index in [2.05, 4.69) is 32.7 Å². The fourth-order valence-electron chi connectivity index (χ4n) is 3.60. The number of benzene rings is 2. The van der Waals surface area contributed by atoms with Gasteiger partial charge in [-0.05, 0) is 36.4 Å². The first-order chi connectivity index (χ1) is 14.6. The lowest BCUT2D eigenvalue weighted by atomic mass is 10.1. The van der Waals surface area contributed by atoms with Crippen molar-refractivity contribution in [3.63, 3.8) is 0 Å². The maximum atomic E-state index is 12.7. The maximum absolute atomic E-state index is 12.7. The highest BCUT2D eigenvalue weighted by Gasteiger charge is 2.30. The lowest BCUT2D eigenvalue weighted by Crippen LogP contribution is -2.56. The summed E-state index contributed by atoms with van der Waals surface area (Å²) in [6, 6.07) is 16.5. The minimum absolute atomic E-state index is 0.0372. The summed E-state index contributed by atoms with van der Waals surface area (Å²) in [4.78, 5) is 33.8. The van der Waals surface area contributed by atoms with Gasteiger partial charge in [0.25, 0.3) is 0 Å². The van der Waals surface area contributed by atoms with E-state index in [1.807, 2.05) is 23.1 Å². The van der Waals surface area contributed by atoms with Crippen molar-refractivity contribution in [1.29, 1.82) is 0 Å². The monoisotopic (exact) mass is 407 g/mol. The molecule has 0 aliphatic carbocycles. The second-order valence-electron chi connectivity index (χ2n) is 7.25. The SMILES string of the molecule is COc1ccc(NC(=O)[C@H]2CC(=O)NC(N3CCN(c4ccccc4)CC3)=N2)cc1. The fraction of sp³-hybridized carbons (Fsp3) is 0.318. The minimum atomic E-state index is -0.747. The Hall–Kier alpha value is -3.55. The Labute approximate surface area is 175 Å². The zero-order valence-corrected chi connectivity index (χ0v) is 16.9. The molecule has 0 aromatic heterocycles. The topological polar surface area (TPSA) is 86.3 Å². The Morgan fingerprint density at radius 3 is 2.37 bits per heavy atom.